The lowest BCUT2D eigenvalue weighted by atomic mass is 9.99. The fourth-order valence-corrected chi connectivity index (χ4v) is 1.07. The molecule has 1 rings (SSSR count). The van der Waals surface area contributed by atoms with Gasteiger partial charge in [0.15, 0.2) is 0 Å². The minimum Gasteiger partial charge on any atom is -0.508 e. The Hall–Kier alpha value is -0.980. The van der Waals surface area contributed by atoms with Gasteiger partial charge in [0.2, 0.25) is 0 Å². The molecule has 0 saturated carbocycles. The molecule has 1 unspecified atom stereocenters. The Balaban J connectivity index is 2.86. The van der Waals surface area contributed by atoms with Crippen molar-refractivity contribution in [2.24, 2.45) is 0 Å². The zero-order chi connectivity index (χ0) is 8.27. The summed E-state index contributed by atoms with van der Waals surface area (Å²) in [6.07, 6.45) is 1.11. The van der Waals surface area contributed by atoms with Gasteiger partial charge in [0, 0.05) is 0 Å². The minimum atomic E-state index is 0.364. The van der Waals surface area contributed by atoms with E-state index in [4.69, 9.17) is 5.11 Å². The van der Waals surface area contributed by atoms with Crippen LogP contribution in [0.5, 0.6) is 5.75 Å². The predicted molar refractivity (Wildman–Crippen MR) is 46.8 cm³/mol. The molecule has 60 valence electrons. The van der Waals surface area contributed by atoms with E-state index in [1.165, 1.54) is 5.56 Å². The number of hydrogen-bond acceptors (Lipinski definition) is 1. The molecule has 0 fully saturated rings. The number of aromatic hydroxyl groups is 1. The van der Waals surface area contributed by atoms with Gasteiger partial charge in [-0.3, -0.25) is 0 Å². The van der Waals surface area contributed by atoms with Crippen molar-refractivity contribution < 1.29 is 5.11 Å². The van der Waals surface area contributed by atoms with Gasteiger partial charge in [-0.2, -0.15) is 0 Å². The molecular weight excluding hydrogens is 136 g/mol. The van der Waals surface area contributed by atoms with Crippen LogP contribution in [0, 0.1) is 0 Å². The second kappa shape index (κ2) is 3.42. The molecule has 0 radical (unpaired) electrons. The summed E-state index contributed by atoms with van der Waals surface area (Å²) in [5.41, 5.74) is 1.22. The number of phenols is 1. The molecule has 1 aromatic carbocycles. The van der Waals surface area contributed by atoms with E-state index in [0.29, 0.717) is 11.7 Å². The van der Waals surface area contributed by atoms with Gasteiger partial charge in [0.05, 0.1) is 0 Å². The first kappa shape index (κ1) is 8.12. The summed E-state index contributed by atoms with van der Waals surface area (Å²) in [6, 6.07) is 7.46. The molecule has 1 heteroatoms. The fraction of sp³-hybridized carbons (Fsp3) is 0.400. The van der Waals surface area contributed by atoms with Crippen molar-refractivity contribution in [1.82, 2.24) is 0 Å². The van der Waals surface area contributed by atoms with Gasteiger partial charge in [-0.15, -0.1) is 0 Å². The average Bonchev–Trinajstić information content (AvgIpc) is 2.03. The highest BCUT2D eigenvalue weighted by atomic mass is 16.3. The van der Waals surface area contributed by atoms with Crippen LogP contribution in [-0.2, 0) is 0 Å². The molecule has 1 aromatic rings. The van der Waals surface area contributed by atoms with Crippen LogP contribution in [0.2, 0.25) is 0 Å². The number of phenolic OH excluding ortho intramolecular Hbond substituents is 1. The van der Waals surface area contributed by atoms with Crippen LogP contribution < -0.4 is 0 Å². The Morgan fingerprint density at radius 3 is 2.73 bits per heavy atom. The molecule has 0 heterocycles. The summed E-state index contributed by atoms with van der Waals surface area (Å²) in [5, 5.41) is 9.16. The van der Waals surface area contributed by atoms with E-state index >= 15 is 0 Å². The molecule has 0 amide bonds. The second-order valence-corrected chi connectivity index (χ2v) is 2.90. The summed E-state index contributed by atoms with van der Waals surface area (Å²) in [4.78, 5) is 0. The molecule has 1 atom stereocenters. The van der Waals surface area contributed by atoms with Crippen LogP contribution in [-0.4, -0.2) is 5.11 Å². The largest absolute Gasteiger partial charge is 0.508 e. The second-order valence-electron chi connectivity index (χ2n) is 2.90. The van der Waals surface area contributed by atoms with E-state index in [1.54, 1.807) is 6.07 Å². The van der Waals surface area contributed by atoms with Crippen molar-refractivity contribution >= 4 is 0 Å². The van der Waals surface area contributed by atoms with E-state index in [2.05, 4.69) is 13.8 Å². The number of rotatable bonds is 2. The summed E-state index contributed by atoms with van der Waals surface area (Å²) in [6.45, 7) is 4.31. The van der Waals surface area contributed by atoms with E-state index in [-0.39, 0.29) is 0 Å². The number of benzene rings is 1. The van der Waals surface area contributed by atoms with Crippen LogP contribution in [0.15, 0.2) is 24.3 Å². The first-order chi connectivity index (χ1) is 5.24. The monoisotopic (exact) mass is 150 g/mol. The van der Waals surface area contributed by atoms with Crippen molar-refractivity contribution in [3.63, 3.8) is 0 Å². The summed E-state index contributed by atoms with van der Waals surface area (Å²) in [7, 11) is 0. The summed E-state index contributed by atoms with van der Waals surface area (Å²) in [5.74, 6) is 0.907. The molecule has 0 saturated heterocycles. The Bertz CT molecular complexity index is 230. The highest BCUT2D eigenvalue weighted by Crippen LogP contribution is 2.21. The fourth-order valence-electron chi connectivity index (χ4n) is 1.07. The van der Waals surface area contributed by atoms with Crippen molar-refractivity contribution in [3.05, 3.63) is 29.8 Å². The molecule has 0 aliphatic rings. The third-order valence-electron chi connectivity index (χ3n) is 2.05. The SMILES string of the molecule is CCC(C)c1cccc(O)c1. The van der Waals surface area contributed by atoms with Gasteiger partial charge < -0.3 is 5.11 Å². The van der Waals surface area contributed by atoms with E-state index in [9.17, 15) is 0 Å². The van der Waals surface area contributed by atoms with Crippen molar-refractivity contribution in [2.45, 2.75) is 26.2 Å². The zero-order valence-corrected chi connectivity index (χ0v) is 7.04. The summed E-state index contributed by atoms with van der Waals surface area (Å²) >= 11 is 0. The van der Waals surface area contributed by atoms with Crippen LogP contribution >= 0.6 is 0 Å². The lowest BCUT2D eigenvalue weighted by Gasteiger charge is -2.07. The lowest BCUT2D eigenvalue weighted by Crippen LogP contribution is -1.89. The quantitative estimate of drug-likeness (QED) is 0.687. The first-order valence-electron chi connectivity index (χ1n) is 4.03. The molecule has 0 spiro atoms. The third-order valence-corrected chi connectivity index (χ3v) is 2.05. The van der Waals surface area contributed by atoms with Gasteiger partial charge in [-0.05, 0) is 30.0 Å². The highest BCUT2D eigenvalue weighted by molar-refractivity contribution is 5.29. The maximum Gasteiger partial charge on any atom is 0.115 e. The first-order valence-corrected chi connectivity index (χ1v) is 4.03. The molecule has 11 heavy (non-hydrogen) atoms. The van der Waals surface area contributed by atoms with Gasteiger partial charge in [-0.1, -0.05) is 26.0 Å². The topological polar surface area (TPSA) is 20.2 Å². The maximum absolute atomic E-state index is 9.16. The van der Waals surface area contributed by atoms with E-state index in [0.717, 1.165) is 6.42 Å². The number of hydrogen-bond donors (Lipinski definition) is 1. The molecule has 1 nitrogen and oxygen atoms in total. The Labute approximate surface area is 67.7 Å². The van der Waals surface area contributed by atoms with Crippen molar-refractivity contribution in [2.75, 3.05) is 0 Å². The molecule has 0 aliphatic heterocycles. The normalized spacial score (nSPS) is 12.9. The standard InChI is InChI=1S/C10H14O/c1-3-8(2)9-5-4-6-10(11)7-9/h4-8,11H,3H2,1-2H3. The van der Waals surface area contributed by atoms with Gasteiger partial charge >= 0.3 is 0 Å². The summed E-state index contributed by atoms with van der Waals surface area (Å²) < 4.78 is 0. The third kappa shape index (κ3) is 1.97. The minimum absolute atomic E-state index is 0.364. The van der Waals surface area contributed by atoms with Crippen molar-refractivity contribution in [1.29, 1.82) is 0 Å². The van der Waals surface area contributed by atoms with Crippen molar-refractivity contribution in [3.8, 4) is 5.75 Å². The Kier molecular flexibility index (Phi) is 2.53. The van der Waals surface area contributed by atoms with Crippen LogP contribution in [0.25, 0.3) is 0 Å². The van der Waals surface area contributed by atoms with Gasteiger partial charge in [0.25, 0.3) is 0 Å². The molecule has 0 bridgehead atoms. The van der Waals surface area contributed by atoms with Crippen LogP contribution in [0.1, 0.15) is 31.7 Å². The Morgan fingerprint density at radius 2 is 2.18 bits per heavy atom. The molecule has 0 aliphatic carbocycles. The van der Waals surface area contributed by atoms with E-state index in [1.807, 2.05) is 18.2 Å². The average molecular weight is 150 g/mol. The van der Waals surface area contributed by atoms with Gasteiger partial charge in [-0.25, -0.2) is 0 Å². The molecule has 0 aromatic heterocycles. The zero-order valence-electron chi connectivity index (χ0n) is 7.04. The molecular formula is C10H14O. The maximum atomic E-state index is 9.16. The van der Waals surface area contributed by atoms with Crippen LogP contribution in [0.3, 0.4) is 0 Å². The van der Waals surface area contributed by atoms with E-state index < -0.39 is 0 Å². The Morgan fingerprint density at radius 1 is 1.45 bits per heavy atom. The predicted octanol–water partition coefficient (Wildman–Crippen LogP) is 2.91. The molecule has 1 N–H and O–H groups in total. The highest BCUT2D eigenvalue weighted by Gasteiger charge is 2.01. The lowest BCUT2D eigenvalue weighted by molar-refractivity contribution is 0.473. The smallest absolute Gasteiger partial charge is 0.115 e. The van der Waals surface area contributed by atoms with Gasteiger partial charge in [0.1, 0.15) is 5.75 Å². The van der Waals surface area contributed by atoms with Crippen LogP contribution in [0.4, 0.5) is 0 Å².